The molecular weight excluding hydrogens is 424 g/mol. The fraction of sp³-hybridized carbons (Fsp3) is 0.120. The molecule has 0 bridgehead atoms. The predicted molar refractivity (Wildman–Crippen MR) is 122 cm³/mol. The summed E-state index contributed by atoms with van der Waals surface area (Å²) in [6, 6.07) is 25.4. The van der Waals surface area contributed by atoms with Crippen molar-refractivity contribution in [2.24, 2.45) is 0 Å². The summed E-state index contributed by atoms with van der Waals surface area (Å²) in [5.41, 5.74) is 3.20. The Morgan fingerprint density at radius 2 is 1.53 bits per heavy atom. The minimum atomic E-state index is -3.56. The Morgan fingerprint density at radius 1 is 0.906 bits per heavy atom. The van der Waals surface area contributed by atoms with Crippen LogP contribution in [0.2, 0.25) is 0 Å². The van der Waals surface area contributed by atoms with E-state index in [-0.39, 0.29) is 22.8 Å². The molecule has 7 heteroatoms. The number of carbonyl (C=O) groups is 1. The highest BCUT2D eigenvalue weighted by molar-refractivity contribution is 7.91. The number of rotatable bonds is 7. The van der Waals surface area contributed by atoms with Gasteiger partial charge in [-0.1, -0.05) is 67.6 Å². The second kappa shape index (κ2) is 9.20. The summed E-state index contributed by atoms with van der Waals surface area (Å²) < 4.78 is 32.0. The van der Waals surface area contributed by atoms with E-state index in [1.807, 2.05) is 66.9 Å². The van der Waals surface area contributed by atoms with Gasteiger partial charge in [-0.15, -0.1) is 0 Å². The van der Waals surface area contributed by atoms with Crippen molar-refractivity contribution in [3.8, 4) is 16.9 Å². The highest BCUT2D eigenvalue weighted by Gasteiger charge is 2.22. The maximum absolute atomic E-state index is 12.8. The lowest BCUT2D eigenvalue weighted by Gasteiger charge is -2.09. The first-order valence-corrected chi connectivity index (χ1v) is 11.8. The van der Waals surface area contributed by atoms with Crippen LogP contribution in [0, 0.1) is 0 Å². The molecule has 0 N–H and O–H groups in total. The lowest BCUT2D eigenvalue weighted by molar-refractivity contribution is 0.0469. The van der Waals surface area contributed by atoms with Crippen molar-refractivity contribution in [2.45, 2.75) is 18.4 Å². The van der Waals surface area contributed by atoms with Gasteiger partial charge in [0.2, 0.25) is 0 Å². The molecule has 0 aliphatic carbocycles. The van der Waals surface area contributed by atoms with Crippen LogP contribution < -0.4 is 0 Å². The van der Waals surface area contributed by atoms with Crippen LogP contribution in [-0.2, 0) is 21.2 Å². The standard InChI is InChI=1S/C25H22N2O4S/c1-2-32(29,30)23-16-10-9-15-22(23)25(28)31-18-20-17-27(21-13-7-4-8-14-21)26-24(20)19-11-5-3-6-12-19/h3-17H,2,18H2,1H3. The van der Waals surface area contributed by atoms with E-state index in [1.54, 1.807) is 23.7 Å². The third-order valence-corrected chi connectivity index (χ3v) is 6.83. The van der Waals surface area contributed by atoms with E-state index in [2.05, 4.69) is 0 Å². The average Bonchev–Trinajstić information content (AvgIpc) is 3.28. The zero-order valence-corrected chi connectivity index (χ0v) is 18.3. The van der Waals surface area contributed by atoms with Crippen LogP contribution in [0.15, 0.2) is 96.0 Å². The number of esters is 1. The number of aromatic nitrogens is 2. The highest BCUT2D eigenvalue weighted by atomic mass is 32.2. The first-order valence-electron chi connectivity index (χ1n) is 10.2. The van der Waals surface area contributed by atoms with Gasteiger partial charge < -0.3 is 4.74 Å². The molecule has 6 nitrogen and oxygen atoms in total. The second-order valence-corrected chi connectivity index (χ2v) is 9.37. The highest BCUT2D eigenvalue weighted by Crippen LogP contribution is 2.25. The summed E-state index contributed by atoms with van der Waals surface area (Å²) in [5, 5.41) is 4.70. The Morgan fingerprint density at radius 3 is 2.22 bits per heavy atom. The molecule has 1 heterocycles. The minimum Gasteiger partial charge on any atom is -0.457 e. The summed E-state index contributed by atoms with van der Waals surface area (Å²) in [6.07, 6.45) is 1.82. The smallest absolute Gasteiger partial charge is 0.339 e. The normalized spacial score (nSPS) is 11.3. The summed E-state index contributed by atoms with van der Waals surface area (Å²) in [6.45, 7) is 1.50. The Hall–Kier alpha value is -3.71. The molecule has 0 aliphatic heterocycles. The quantitative estimate of drug-likeness (QED) is 0.385. The molecule has 0 atom stereocenters. The van der Waals surface area contributed by atoms with Gasteiger partial charge in [0.15, 0.2) is 9.84 Å². The maximum Gasteiger partial charge on any atom is 0.339 e. The van der Waals surface area contributed by atoms with Crippen molar-refractivity contribution >= 4 is 15.8 Å². The molecule has 0 unspecified atom stereocenters. The summed E-state index contributed by atoms with van der Waals surface area (Å²) in [4.78, 5) is 12.8. The first-order chi connectivity index (χ1) is 15.5. The molecule has 0 radical (unpaired) electrons. The van der Waals surface area contributed by atoms with Gasteiger partial charge in [-0.05, 0) is 24.3 Å². The number of para-hydroxylation sites is 1. The molecule has 3 aromatic carbocycles. The van der Waals surface area contributed by atoms with Crippen LogP contribution in [0.25, 0.3) is 16.9 Å². The largest absolute Gasteiger partial charge is 0.457 e. The van der Waals surface area contributed by atoms with E-state index in [0.29, 0.717) is 11.3 Å². The number of ether oxygens (including phenoxy) is 1. The van der Waals surface area contributed by atoms with Gasteiger partial charge in [-0.2, -0.15) is 5.10 Å². The van der Waals surface area contributed by atoms with Crippen LogP contribution in [-0.4, -0.2) is 29.9 Å². The summed E-state index contributed by atoms with van der Waals surface area (Å²) >= 11 is 0. The number of carbonyl (C=O) groups excluding carboxylic acids is 1. The molecule has 162 valence electrons. The molecule has 0 fully saturated rings. The monoisotopic (exact) mass is 446 g/mol. The predicted octanol–water partition coefficient (Wildman–Crippen LogP) is 4.69. The van der Waals surface area contributed by atoms with Gasteiger partial charge in [-0.3, -0.25) is 0 Å². The van der Waals surface area contributed by atoms with Crippen LogP contribution in [0.3, 0.4) is 0 Å². The Labute approximate surface area is 187 Å². The van der Waals surface area contributed by atoms with Gasteiger partial charge in [-0.25, -0.2) is 17.9 Å². The molecule has 4 aromatic rings. The van der Waals surface area contributed by atoms with Crippen LogP contribution in [0.5, 0.6) is 0 Å². The Balaban J connectivity index is 1.65. The van der Waals surface area contributed by atoms with E-state index < -0.39 is 15.8 Å². The lowest BCUT2D eigenvalue weighted by atomic mass is 10.1. The van der Waals surface area contributed by atoms with E-state index >= 15 is 0 Å². The van der Waals surface area contributed by atoms with Crippen molar-refractivity contribution in [1.29, 1.82) is 0 Å². The van der Waals surface area contributed by atoms with Crippen molar-refractivity contribution in [3.05, 3.63) is 102 Å². The zero-order valence-electron chi connectivity index (χ0n) is 17.5. The van der Waals surface area contributed by atoms with Crippen molar-refractivity contribution < 1.29 is 17.9 Å². The molecule has 0 amide bonds. The number of sulfone groups is 1. The summed E-state index contributed by atoms with van der Waals surface area (Å²) in [7, 11) is -3.56. The minimum absolute atomic E-state index is 0.0178. The van der Waals surface area contributed by atoms with Gasteiger partial charge in [0, 0.05) is 17.3 Å². The molecule has 32 heavy (non-hydrogen) atoms. The Bertz CT molecular complexity index is 1330. The topological polar surface area (TPSA) is 78.3 Å². The van der Waals surface area contributed by atoms with E-state index in [4.69, 9.17) is 9.84 Å². The molecule has 0 saturated heterocycles. The number of hydrogen-bond acceptors (Lipinski definition) is 5. The summed E-state index contributed by atoms with van der Waals surface area (Å²) in [5.74, 6) is -0.789. The number of nitrogens with zero attached hydrogens (tertiary/aromatic N) is 2. The fourth-order valence-corrected chi connectivity index (χ4v) is 4.43. The van der Waals surface area contributed by atoms with Gasteiger partial charge in [0.1, 0.15) is 6.61 Å². The molecule has 0 saturated carbocycles. The third-order valence-electron chi connectivity index (χ3n) is 5.04. The third kappa shape index (κ3) is 4.48. The van der Waals surface area contributed by atoms with E-state index in [9.17, 15) is 13.2 Å². The molecule has 1 aromatic heterocycles. The van der Waals surface area contributed by atoms with Gasteiger partial charge >= 0.3 is 5.97 Å². The lowest BCUT2D eigenvalue weighted by Crippen LogP contribution is -2.13. The molecular formula is C25H22N2O4S. The van der Waals surface area contributed by atoms with Crippen LogP contribution in [0.1, 0.15) is 22.8 Å². The van der Waals surface area contributed by atoms with E-state index in [1.165, 1.54) is 12.1 Å². The SMILES string of the molecule is CCS(=O)(=O)c1ccccc1C(=O)OCc1cn(-c2ccccc2)nc1-c1ccccc1. The Kier molecular flexibility index (Phi) is 6.18. The molecule has 0 spiro atoms. The van der Waals surface area contributed by atoms with Crippen LogP contribution in [0.4, 0.5) is 0 Å². The van der Waals surface area contributed by atoms with Crippen LogP contribution >= 0.6 is 0 Å². The number of hydrogen-bond donors (Lipinski definition) is 0. The zero-order chi connectivity index (χ0) is 22.6. The number of benzene rings is 3. The van der Waals surface area contributed by atoms with Gasteiger partial charge in [0.05, 0.1) is 27.6 Å². The van der Waals surface area contributed by atoms with Crippen molar-refractivity contribution in [2.75, 3.05) is 5.75 Å². The molecule has 4 rings (SSSR count). The second-order valence-electron chi connectivity index (χ2n) is 7.12. The maximum atomic E-state index is 12.8. The average molecular weight is 447 g/mol. The van der Waals surface area contributed by atoms with Crippen molar-refractivity contribution in [1.82, 2.24) is 9.78 Å². The first kappa shape index (κ1) is 21.5. The van der Waals surface area contributed by atoms with Gasteiger partial charge in [0.25, 0.3) is 0 Å². The van der Waals surface area contributed by atoms with Crippen molar-refractivity contribution in [3.63, 3.8) is 0 Å². The van der Waals surface area contributed by atoms with E-state index in [0.717, 1.165) is 11.3 Å². The molecule has 0 aliphatic rings. The fourth-order valence-electron chi connectivity index (χ4n) is 3.35.